The summed E-state index contributed by atoms with van der Waals surface area (Å²) >= 11 is 1.74. The Balaban J connectivity index is 0.000000547. The maximum Gasteiger partial charge on any atom is -1.00 e. The molecule has 0 bridgehead atoms. The zero-order valence-electron chi connectivity index (χ0n) is 20.5. The first kappa shape index (κ1) is 31.3. The van der Waals surface area contributed by atoms with E-state index in [4.69, 9.17) is 4.42 Å². The van der Waals surface area contributed by atoms with Gasteiger partial charge in [-0.15, -0.1) is 41.5 Å². The summed E-state index contributed by atoms with van der Waals surface area (Å²) in [6, 6.07) is 14.9. The minimum Gasteiger partial charge on any atom is -1.00 e. The molecule has 1 unspecified atom stereocenters. The molecule has 1 aliphatic rings. The van der Waals surface area contributed by atoms with Crippen molar-refractivity contribution in [3.8, 4) is 11.3 Å². The molecule has 4 rings (SSSR count). The van der Waals surface area contributed by atoms with Crippen molar-refractivity contribution in [3.63, 3.8) is 0 Å². The Morgan fingerprint density at radius 1 is 1.06 bits per heavy atom. The molecule has 0 saturated heterocycles. The molecule has 1 aromatic heterocycles. The van der Waals surface area contributed by atoms with Crippen molar-refractivity contribution in [2.24, 2.45) is 5.92 Å². The molecular formula is C27H34Cl2OSiZr-2. The van der Waals surface area contributed by atoms with Gasteiger partial charge < -0.3 is 29.2 Å². The topological polar surface area (TPSA) is 13.1 Å². The van der Waals surface area contributed by atoms with Gasteiger partial charge in [0, 0.05) is 6.42 Å². The minimum atomic E-state index is 0. The number of furan rings is 1. The minimum absolute atomic E-state index is 0. The number of rotatable bonds is 2. The van der Waals surface area contributed by atoms with E-state index >= 15 is 0 Å². The zero-order chi connectivity index (χ0) is 22.4. The van der Waals surface area contributed by atoms with E-state index in [0.29, 0.717) is 5.92 Å². The predicted molar refractivity (Wildman–Crippen MR) is 129 cm³/mol. The molecule has 5 heteroatoms. The SMILES string of the molecule is CC1=[C-]C(C)C(C)=C1C.CCc1ccc(-c2cccc3[cH-]c(C)cc23)o1.C[Si](C)=[Zr+2].[Cl-].[Cl-]. The largest absolute Gasteiger partial charge is 1.00 e. The van der Waals surface area contributed by atoms with Crippen LogP contribution in [0.15, 0.2) is 63.6 Å². The fraction of sp³-hybridized carbons (Fsp3) is 0.370. The van der Waals surface area contributed by atoms with Gasteiger partial charge in [0.05, 0.1) is 0 Å². The molecule has 3 aromatic rings. The molecule has 1 aliphatic carbocycles. The standard InChI is InChI=1S/C16H15O.C9H13.C2H6Si.2ClH.Zr/c1-3-13-7-8-16(17-13)14-6-4-5-12-9-11(2)10-15(12)14;1-6-5-7(2)9(4)8(6)3;1-3-2;;;/h4-10H,3H2,1-2H3;6H,1-4H3;1-2H3;2*1H;/q2*-1;;;;+2/p-2. The van der Waals surface area contributed by atoms with Crippen molar-refractivity contribution in [3.05, 3.63) is 76.6 Å². The first-order valence-electron chi connectivity index (χ1n) is 10.7. The fourth-order valence-electron chi connectivity index (χ4n) is 3.47. The Kier molecular flexibility index (Phi) is 14.2. The van der Waals surface area contributed by atoms with E-state index < -0.39 is 0 Å². The second-order valence-electron chi connectivity index (χ2n) is 8.26. The Bertz CT molecular complexity index is 1080. The van der Waals surface area contributed by atoms with Gasteiger partial charge >= 0.3 is 41.9 Å². The smallest absolute Gasteiger partial charge is 1.00 e. The van der Waals surface area contributed by atoms with Gasteiger partial charge in [-0.25, -0.2) is 5.57 Å². The van der Waals surface area contributed by atoms with Gasteiger partial charge in [0.1, 0.15) is 11.5 Å². The van der Waals surface area contributed by atoms with Gasteiger partial charge in [-0.2, -0.15) is 17.2 Å². The van der Waals surface area contributed by atoms with Crippen LogP contribution in [0, 0.1) is 18.9 Å². The molecule has 32 heavy (non-hydrogen) atoms. The molecule has 0 amide bonds. The Morgan fingerprint density at radius 2 is 1.69 bits per heavy atom. The monoisotopic (exact) mass is 562 g/mol. The second-order valence-corrected chi connectivity index (χ2v) is 17.6. The number of halogens is 2. The van der Waals surface area contributed by atoms with E-state index in [0.717, 1.165) is 17.9 Å². The van der Waals surface area contributed by atoms with Gasteiger partial charge in [-0.1, -0.05) is 46.6 Å². The van der Waals surface area contributed by atoms with Crippen molar-refractivity contribution >= 4 is 16.2 Å². The van der Waals surface area contributed by atoms with Crippen LogP contribution >= 0.6 is 0 Å². The van der Waals surface area contributed by atoms with E-state index in [-0.39, 0.29) is 30.2 Å². The Labute approximate surface area is 222 Å². The molecule has 0 spiro atoms. The molecule has 0 fully saturated rings. The van der Waals surface area contributed by atoms with Crippen LogP contribution < -0.4 is 24.8 Å². The van der Waals surface area contributed by atoms with Gasteiger partial charge in [0.2, 0.25) is 0 Å². The summed E-state index contributed by atoms with van der Waals surface area (Å²) in [6.45, 7) is 17.5. The first-order chi connectivity index (χ1) is 14.1. The van der Waals surface area contributed by atoms with Crippen molar-refractivity contribution in [1.82, 2.24) is 0 Å². The average molecular weight is 565 g/mol. The molecule has 1 nitrogen and oxygen atoms in total. The summed E-state index contributed by atoms with van der Waals surface area (Å²) in [5.41, 5.74) is 6.95. The molecule has 0 N–H and O–H groups in total. The van der Waals surface area contributed by atoms with Crippen molar-refractivity contribution in [2.75, 3.05) is 0 Å². The van der Waals surface area contributed by atoms with E-state index in [9.17, 15) is 0 Å². The summed E-state index contributed by atoms with van der Waals surface area (Å²) in [5, 5.41) is 2.57. The normalized spacial score (nSPS) is 14.4. The molecule has 2 aromatic carbocycles. The van der Waals surface area contributed by atoms with Crippen molar-refractivity contribution in [2.45, 2.75) is 61.1 Å². The Hall–Kier alpha value is -0.730. The van der Waals surface area contributed by atoms with E-state index in [1.807, 2.05) is 0 Å². The first-order valence-corrected chi connectivity index (χ1v) is 16.9. The van der Waals surface area contributed by atoms with Crippen molar-refractivity contribution in [1.29, 1.82) is 0 Å². The number of allylic oxidation sites excluding steroid dienone is 4. The van der Waals surface area contributed by atoms with Crippen LogP contribution in [-0.2, 0) is 29.8 Å². The van der Waals surface area contributed by atoms with Crippen LogP contribution in [0.4, 0.5) is 0 Å². The summed E-state index contributed by atoms with van der Waals surface area (Å²) in [5.74, 6) is 2.57. The number of hydrogen-bond donors (Lipinski definition) is 0. The molecule has 1 heterocycles. The molecule has 0 radical (unpaired) electrons. The van der Waals surface area contributed by atoms with Crippen LogP contribution in [0.1, 0.15) is 45.9 Å². The second kappa shape index (κ2) is 14.5. The van der Waals surface area contributed by atoms with E-state index in [1.165, 1.54) is 38.6 Å². The van der Waals surface area contributed by atoms with Gasteiger partial charge in [0.25, 0.3) is 0 Å². The predicted octanol–water partition coefficient (Wildman–Crippen LogP) is 2.20. The maximum atomic E-state index is 5.84. The molecular weight excluding hydrogens is 531 g/mol. The number of fused-ring (bicyclic) bond motifs is 1. The number of aryl methyl sites for hydroxylation is 2. The van der Waals surface area contributed by atoms with Crippen LogP contribution in [0.2, 0.25) is 13.1 Å². The molecule has 172 valence electrons. The molecule has 1 atom stereocenters. The average Bonchev–Trinajstić information content (AvgIpc) is 3.36. The quantitative estimate of drug-likeness (QED) is 0.344. The summed E-state index contributed by atoms with van der Waals surface area (Å²) < 4.78 is 5.84. The van der Waals surface area contributed by atoms with Crippen molar-refractivity contribution < 1.29 is 52.6 Å². The zero-order valence-corrected chi connectivity index (χ0v) is 25.5. The molecule has 0 saturated carbocycles. The molecule has 0 aliphatic heterocycles. The van der Waals surface area contributed by atoms with Crippen LogP contribution in [-0.4, -0.2) is 5.43 Å². The third-order valence-electron chi connectivity index (χ3n) is 5.41. The third-order valence-corrected chi connectivity index (χ3v) is 5.41. The van der Waals surface area contributed by atoms with E-state index in [2.05, 4.69) is 103 Å². The third kappa shape index (κ3) is 8.56. The van der Waals surface area contributed by atoms with Gasteiger partial charge in [-0.3, -0.25) is 6.08 Å². The summed E-state index contributed by atoms with van der Waals surface area (Å²) in [6.07, 6.45) is 4.30. The van der Waals surface area contributed by atoms with E-state index in [1.54, 1.807) is 23.3 Å². The Morgan fingerprint density at radius 3 is 2.12 bits per heavy atom. The van der Waals surface area contributed by atoms with Gasteiger partial charge in [0.15, 0.2) is 0 Å². The van der Waals surface area contributed by atoms with Crippen LogP contribution in [0.25, 0.3) is 22.1 Å². The number of benzene rings is 1. The summed E-state index contributed by atoms with van der Waals surface area (Å²) in [7, 11) is 0. The van der Waals surface area contributed by atoms with Crippen LogP contribution in [0.5, 0.6) is 0 Å². The maximum absolute atomic E-state index is 5.84. The number of hydrogen-bond acceptors (Lipinski definition) is 1. The van der Waals surface area contributed by atoms with Crippen LogP contribution in [0.3, 0.4) is 0 Å². The van der Waals surface area contributed by atoms with Gasteiger partial charge in [-0.05, 0) is 17.7 Å². The summed E-state index contributed by atoms with van der Waals surface area (Å²) in [4.78, 5) is 0. The fourth-order valence-corrected chi connectivity index (χ4v) is 3.47.